The molecule has 0 radical (unpaired) electrons. The lowest BCUT2D eigenvalue weighted by molar-refractivity contribution is 0.0952. The van der Waals surface area contributed by atoms with E-state index in [0.29, 0.717) is 12.1 Å². The second kappa shape index (κ2) is 6.10. The fourth-order valence-corrected chi connectivity index (χ4v) is 2.60. The van der Waals surface area contributed by atoms with Crippen molar-refractivity contribution in [1.82, 2.24) is 14.9 Å². The van der Waals surface area contributed by atoms with Gasteiger partial charge in [-0.25, -0.2) is 0 Å². The van der Waals surface area contributed by atoms with Crippen LogP contribution in [-0.2, 0) is 6.54 Å². The topological polar surface area (TPSA) is 46.9 Å². The maximum Gasteiger partial charge on any atom is 0.251 e. The molecule has 5 heteroatoms. The fourth-order valence-electron chi connectivity index (χ4n) is 2.25. The third-order valence-corrected chi connectivity index (χ3v) is 3.81. The van der Waals surface area contributed by atoms with Gasteiger partial charge in [0.25, 0.3) is 5.91 Å². The van der Waals surface area contributed by atoms with Gasteiger partial charge in [-0.05, 0) is 35.7 Å². The monoisotopic (exact) mass is 343 g/mol. The van der Waals surface area contributed by atoms with Crippen LogP contribution in [0, 0.1) is 0 Å². The van der Waals surface area contributed by atoms with Gasteiger partial charge in [0, 0.05) is 47.2 Å². The molecule has 0 bridgehead atoms. The quantitative estimate of drug-likeness (QED) is 0.790. The highest BCUT2D eigenvalue weighted by molar-refractivity contribution is 9.10. The first-order valence-electron chi connectivity index (χ1n) is 6.67. The van der Waals surface area contributed by atoms with Gasteiger partial charge in [-0.15, -0.1) is 0 Å². The van der Waals surface area contributed by atoms with Gasteiger partial charge in [0.2, 0.25) is 0 Å². The van der Waals surface area contributed by atoms with Crippen LogP contribution < -0.4 is 5.32 Å². The highest BCUT2D eigenvalue weighted by Crippen LogP contribution is 2.20. The smallest absolute Gasteiger partial charge is 0.251 e. The first-order valence-corrected chi connectivity index (χ1v) is 7.46. The molecule has 3 aromatic rings. The molecule has 2 aromatic heterocycles. The van der Waals surface area contributed by atoms with Crippen molar-refractivity contribution in [2.24, 2.45) is 0 Å². The average molecular weight is 344 g/mol. The minimum Gasteiger partial charge on any atom is -0.350 e. The number of aromatic nitrogens is 2. The third-order valence-electron chi connectivity index (χ3n) is 3.32. The number of pyridine rings is 1. The van der Waals surface area contributed by atoms with Crippen LogP contribution in [-0.4, -0.2) is 22.0 Å². The molecular weight excluding hydrogens is 330 g/mol. The van der Waals surface area contributed by atoms with Crippen molar-refractivity contribution >= 4 is 32.7 Å². The lowest BCUT2D eigenvalue weighted by atomic mass is 10.2. The number of carbonyl (C=O) groups is 1. The number of rotatable bonds is 4. The molecule has 2 heterocycles. The average Bonchev–Trinajstić information content (AvgIpc) is 2.90. The molecule has 0 aliphatic carbocycles. The molecule has 1 amide bonds. The second-order valence-electron chi connectivity index (χ2n) is 4.70. The van der Waals surface area contributed by atoms with E-state index in [-0.39, 0.29) is 5.91 Å². The second-order valence-corrected chi connectivity index (χ2v) is 5.62. The van der Waals surface area contributed by atoms with E-state index >= 15 is 0 Å². The first kappa shape index (κ1) is 13.8. The zero-order valence-electron chi connectivity index (χ0n) is 11.3. The number of amides is 1. The van der Waals surface area contributed by atoms with E-state index in [1.165, 1.54) is 5.39 Å². The van der Waals surface area contributed by atoms with Gasteiger partial charge in [-0.2, -0.15) is 0 Å². The first-order chi connectivity index (χ1) is 10.2. The van der Waals surface area contributed by atoms with Crippen LogP contribution in [0.1, 0.15) is 10.4 Å². The Kier molecular flexibility index (Phi) is 4.01. The van der Waals surface area contributed by atoms with Gasteiger partial charge in [0.1, 0.15) is 0 Å². The summed E-state index contributed by atoms with van der Waals surface area (Å²) in [6.45, 7) is 1.31. The number of carbonyl (C=O) groups excluding carboxylic acids is 1. The molecule has 1 N–H and O–H groups in total. The molecule has 0 unspecified atom stereocenters. The van der Waals surface area contributed by atoms with Crippen molar-refractivity contribution in [3.8, 4) is 0 Å². The Balaban J connectivity index is 1.65. The Morgan fingerprint density at radius 3 is 2.81 bits per heavy atom. The van der Waals surface area contributed by atoms with Gasteiger partial charge < -0.3 is 9.88 Å². The highest BCUT2D eigenvalue weighted by Gasteiger charge is 2.05. The maximum atomic E-state index is 11.9. The Labute approximate surface area is 130 Å². The number of fused-ring (bicyclic) bond motifs is 1. The van der Waals surface area contributed by atoms with E-state index in [1.54, 1.807) is 24.5 Å². The maximum absolute atomic E-state index is 11.9. The summed E-state index contributed by atoms with van der Waals surface area (Å²) in [5, 5.41) is 4.11. The summed E-state index contributed by atoms with van der Waals surface area (Å²) in [6.07, 6.45) is 5.27. The van der Waals surface area contributed by atoms with Crippen LogP contribution in [0.3, 0.4) is 0 Å². The molecule has 0 atom stereocenters. The minimum absolute atomic E-state index is 0.0740. The molecule has 1 aromatic carbocycles. The van der Waals surface area contributed by atoms with E-state index < -0.39 is 0 Å². The summed E-state index contributed by atoms with van der Waals surface area (Å²) < 4.78 is 3.18. The van der Waals surface area contributed by atoms with Crippen molar-refractivity contribution in [1.29, 1.82) is 0 Å². The molecule has 0 aliphatic rings. The number of halogens is 1. The summed E-state index contributed by atoms with van der Waals surface area (Å²) in [4.78, 5) is 15.8. The van der Waals surface area contributed by atoms with Crippen LogP contribution in [0.25, 0.3) is 10.9 Å². The van der Waals surface area contributed by atoms with E-state index in [4.69, 9.17) is 0 Å². The molecule has 0 fully saturated rings. The summed E-state index contributed by atoms with van der Waals surface area (Å²) in [6, 6.07) is 11.7. The summed E-state index contributed by atoms with van der Waals surface area (Å²) in [5.74, 6) is -0.0740. The molecule has 0 spiro atoms. The van der Waals surface area contributed by atoms with Crippen molar-refractivity contribution in [3.05, 3.63) is 65.0 Å². The van der Waals surface area contributed by atoms with Gasteiger partial charge in [0.05, 0.1) is 0 Å². The van der Waals surface area contributed by atoms with Gasteiger partial charge >= 0.3 is 0 Å². The van der Waals surface area contributed by atoms with Crippen LogP contribution in [0.4, 0.5) is 0 Å². The van der Waals surface area contributed by atoms with E-state index in [2.05, 4.69) is 49.0 Å². The minimum atomic E-state index is -0.0740. The van der Waals surface area contributed by atoms with Crippen molar-refractivity contribution in [2.75, 3.05) is 6.54 Å². The number of nitrogens with zero attached hydrogens (tertiary/aromatic N) is 2. The Bertz CT molecular complexity index is 768. The SMILES string of the molecule is O=C(NCCn1ccc2ccc(Br)cc21)c1ccncc1. The third kappa shape index (κ3) is 3.13. The van der Waals surface area contributed by atoms with E-state index in [0.717, 1.165) is 16.5 Å². The van der Waals surface area contributed by atoms with Gasteiger partial charge in [0.15, 0.2) is 0 Å². The van der Waals surface area contributed by atoms with Crippen molar-refractivity contribution in [2.45, 2.75) is 6.54 Å². The van der Waals surface area contributed by atoms with Crippen molar-refractivity contribution in [3.63, 3.8) is 0 Å². The standard InChI is InChI=1S/C16H14BrN3O/c17-14-2-1-12-5-9-20(15(12)11-14)10-8-19-16(21)13-3-6-18-7-4-13/h1-7,9,11H,8,10H2,(H,19,21). The molecule has 0 saturated carbocycles. The Morgan fingerprint density at radius 2 is 2.00 bits per heavy atom. The number of nitrogens with one attached hydrogen (secondary N) is 1. The van der Waals surface area contributed by atoms with Crippen LogP contribution in [0.2, 0.25) is 0 Å². The molecule has 106 valence electrons. The van der Waals surface area contributed by atoms with E-state index in [9.17, 15) is 4.79 Å². The highest BCUT2D eigenvalue weighted by atomic mass is 79.9. The normalized spacial score (nSPS) is 10.7. The van der Waals surface area contributed by atoms with Crippen LogP contribution in [0.15, 0.2) is 59.5 Å². The van der Waals surface area contributed by atoms with E-state index in [1.807, 2.05) is 12.3 Å². The Morgan fingerprint density at radius 1 is 1.19 bits per heavy atom. The summed E-state index contributed by atoms with van der Waals surface area (Å²) in [7, 11) is 0. The molecule has 21 heavy (non-hydrogen) atoms. The van der Waals surface area contributed by atoms with Crippen molar-refractivity contribution < 1.29 is 4.79 Å². The van der Waals surface area contributed by atoms with Crippen LogP contribution >= 0.6 is 15.9 Å². The lowest BCUT2D eigenvalue weighted by Gasteiger charge is -2.08. The fraction of sp³-hybridized carbons (Fsp3) is 0.125. The molecule has 3 rings (SSSR count). The molecule has 0 saturated heterocycles. The largest absolute Gasteiger partial charge is 0.350 e. The van der Waals surface area contributed by atoms with Gasteiger partial charge in [-0.3, -0.25) is 9.78 Å². The van der Waals surface area contributed by atoms with Gasteiger partial charge in [-0.1, -0.05) is 22.0 Å². The summed E-state index contributed by atoms with van der Waals surface area (Å²) in [5.41, 5.74) is 1.78. The predicted octanol–water partition coefficient (Wildman–Crippen LogP) is 3.23. The molecular formula is C16H14BrN3O. The zero-order chi connectivity index (χ0) is 14.7. The van der Waals surface area contributed by atoms with Crippen LogP contribution in [0.5, 0.6) is 0 Å². The Hall–Kier alpha value is -2.14. The zero-order valence-corrected chi connectivity index (χ0v) is 12.9. The number of hydrogen-bond acceptors (Lipinski definition) is 2. The predicted molar refractivity (Wildman–Crippen MR) is 86.2 cm³/mol. The number of hydrogen-bond donors (Lipinski definition) is 1. The lowest BCUT2D eigenvalue weighted by Crippen LogP contribution is -2.27. The molecule has 0 aliphatic heterocycles. The number of benzene rings is 1. The molecule has 4 nitrogen and oxygen atoms in total. The summed E-state index contributed by atoms with van der Waals surface area (Å²) >= 11 is 3.48.